The van der Waals surface area contributed by atoms with Crippen molar-refractivity contribution in [3.05, 3.63) is 0 Å². The highest BCUT2D eigenvalue weighted by Crippen LogP contribution is 2.23. The largest absolute Gasteiger partial charge is 0.379 e. The number of carbonyl (C=O) groups excluding carboxylic acids is 1. The van der Waals surface area contributed by atoms with Gasteiger partial charge in [-0.2, -0.15) is 0 Å². The van der Waals surface area contributed by atoms with Crippen LogP contribution in [0.3, 0.4) is 0 Å². The van der Waals surface area contributed by atoms with E-state index in [1.807, 2.05) is 4.90 Å². The van der Waals surface area contributed by atoms with Gasteiger partial charge in [0.25, 0.3) is 0 Å². The lowest BCUT2D eigenvalue weighted by molar-refractivity contribution is -0.132. The van der Waals surface area contributed by atoms with Crippen molar-refractivity contribution in [3.63, 3.8) is 0 Å². The van der Waals surface area contributed by atoms with Crippen molar-refractivity contribution in [3.8, 4) is 0 Å². The topological polar surface area (TPSA) is 41.6 Å². The molecule has 0 spiro atoms. The number of ether oxygens (including phenoxy) is 1. The van der Waals surface area contributed by atoms with Gasteiger partial charge in [0.2, 0.25) is 5.91 Å². The van der Waals surface area contributed by atoms with Crippen LogP contribution in [-0.2, 0) is 9.53 Å². The van der Waals surface area contributed by atoms with Gasteiger partial charge >= 0.3 is 0 Å². The van der Waals surface area contributed by atoms with Gasteiger partial charge < -0.3 is 9.64 Å². The first-order chi connectivity index (χ1) is 7.27. The summed E-state index contributed by atoms with van der Waals surface area (Å²) < 4.78 is 5.36. The average molecular weight is 212 g/mol. The fourth-order valence-electron chi connectivity index (χ4n) is 2.50. The number of nitrogens with zero attached hydrogens (tertiary/aromatic N) is 1. The highest BCUT2D eigenvalue weighted by Gasteiger charge is 2.41. The van der Waals surface area contributed by atoms with E-state index in [-0.39, 0.29) is 18.1 Å². The highest BCUT2D eigenvalue weighted by atomic mass is 16.5. The minimum atomic E-state index is 0.0237. The van der Waals surface area contributed by atoms with Crippen LogP contribution in [0.4, 0.5) is 0 Å². The Morgan fingerprint density at radius 3 is 2.80 bits per heavy atom. The molecular formula is C11H20N2O2. The van der Waals surface area contributed by atoms with E-state index in [0.717, 1.165) is 25.9 Å². The van der Waals surface area contributed by atoms with Crippen LogP contribution in [0.25, 0.3) is 0 Å². The third-order valence-corrected chi connectivity index (χ3v) is 3.38. The fourth-order valence-corrected chi connectivity index (χ4v) is 2.50. The number of carbonyl (C=O) groups is 1. The van der Waals surface area contributed by atoms with Crippen LogP contribution < -0.4 is 5.32 Å². The lowest BCUT2D eigenvalue weighted by Crippen LogP contribution is -2.44. The third-order valence-electron chi connectivity index (χ3n) is 3.38. The van der Waals surface area contributed by atoms with Gasteiger partial charge in [-0.1, -0.05) is 13.8 Å². The molecular weight excluding hydrogens is 192 g/mol. The molecule has 15 heavy (non-hydrogen) atoms. The minimum absolute atomic E-state index is 0.0237. The van der Waals surface area contributed by atoms with Crippen LogP contribution in [0.2, 0.25) is 0 Å². The van der Waals surface area contributed by atoms with E-state index >= 15 is 0 Å². The summed E-state index contributed by atoms with van der Waals surface area (Å²) in [4.78, 5) is 14.1. The Balaban J connectivity index is 2.09. The standard InChI is InChI=1S/C11H20N2O2/c1-3-9-11(14)13(10(4-2)12-9)8-5-6-15-7-8/h8-10,12H,3-7H2,1-2H3. The van der Waals surface area contributed by atoms with Gasteiger partial charge in [0.05, 0.1) is 24.9 Å². The molecule has 2 saturated heterocycles. The van der Waals surface area contributed by atoms with Gasteiger partial charge in [-0.15, -0.1) is 0 Å². The molecule has 2 heterocycles. The summed E-state index contributed by atoms with van der Waals surface area (Å²) in [7, 11) is 0. The van der Waals surface area contributed by atoms with Crippen molar-refractivity contribution < 1.29 is 9.53 Å². The van der Waals surface area contributed by atoms with Crippen LogP contribution in [0, 0.1) is 0 Å². The van der Waals surface area contributed by atoms with Gasteiger partial charge in [-0.05, 0) is 19.3 Å². The molecule has 3 atom stereocenters. The van der Waals surface area contributed by atoms with E-state index in [2.05, 4.69) is 19.2 Å². The number of hydrogen-bond donors (Lipinski definition) is 1. The van der Waals surface area contributed by atoms with E-state index in [0.29, 0.717) is 12.6 Å². The summed E-state index contributed by atoms with van der Waals surface area (Å²) in [5, 5.41) is 3.39. The molecule has 0 aliphatic carbocycles. The zero-order chi connectivity index (χ0) is 10.8. The van der Waals surface area contributed by atoms with Crippen molar-refractivity contribution in [1.29, 1.82) is 0 Å². The Kier molecular flexibility index (Phi) is 3.26. The molecule has 2 rings (SSSR count). The smallest absolute Gasteiger partial charge is 0.241 e. The second kappa shape index (κ2) is 4.49. The zero-order valence-electron chi connectivity index (χ0n) is 9.53. The van der Waals surface area contributed by atoms with Gasteiger partial charge in [0, 0.05) is 6.61 Å². The summed E-state index contributed by atoms with van der Waals surface area (Å²) >= 11 is 0. The Labute approximate surface area is 91.0 Å². The van der Waals surface area contributed by atoms with Crippen molar-refractivity contribution in [1.82, 2.24) is 10.2 Å². The summed E-state index contributed by atoms with van der Waals surface area (Å²) in [5.74, 6) is 0.264. The summed E-state index contributed by atoms with van der Waals surface area (Å²) in [6.45, 7) is 5.67. The minimum Gasteiger partial charge on any atom is -0.379 e. The quantitative estimate of drug-likeness (QED) is 0.749. The van der Waals surface area contributed by atoms with Crippen molar-refractivity contribution in [2.75, 3.05) is 13.2 Å². The van der Waals surface area contributed by atoms with Gasteiger partial charge in [-0.25, -0.2) is 0 Å². The van der Waals surface area contributed by atoms with Crippen LogP contribution in [0.15, 0.2) is 0 Å². The van der Waals surface area contributed by atoms with E-state index in [4.69, 9.17) is 4.74 Å². The van der Waals surface area contributed by atoms with Gasteiger partial charge in [-0.3, -0.25) is 10.1 Å². The molecule has 86 valence electrons. The molecule has 2 aliphatic heterocycles. The maximum absolute atomic E-state index is 12.1. The molecule has 4 heteroatoms. The SMILES string of the molecule is CCC1NC(CC)N(C2CCOC2)C1=O. The number of rotatable bonds is 3. The second-order valence-corrected chi connectivity index (χ2v) is 4.31. The predicted octanol–water partition coefficient (Wildman–Crippen LogP) is 0.722. The Morgan fingerprint density at radius 1 is 1.47 bits per heavy atom. The molecule has 0 radical (unpaired) electrons. The normalized spacial score (nSPS) is 36.5. The molecule has 0 aromatic carbocycles. The number of hydrogen-bond acceptors (Lipinski definition) is 3. The zero-order valence-corrected chi connectivity index (χ0v) is 9.53. The van der Waals surface area contributed by atoms with E-state index < -0.39 is 0 Å². The lowest BCUT2D eigenvalue weighted by atomic mass is 10.2. The van der Waals surface area contributed by atoms with E-state index in [1.165, 1.54) is 0 Å². The lowest BCUT2D eigenvalue weighted by Gasteiger charge is -2.28. The van der Waals surface area contributed by atoms with Gasteiger partial charge in [0.15, 0.2) is 0 Å². The third kappa shape index (κ3) is 1.88. The van der Waals surface area contributed by atoms with Crippen molar-refractivity contribution in [2.24, 2.45) is 0 Å². The Morgan fingerprint density at radius 2 is 2.27 bits per heavy atom. The Hall–Kier alpha value is -0.610. The van der Waals surface area contributed by atoms with Crippen LogP contribution in [-0.4, -0.2) is 42.3 Å². The molecule has 0 bridgehead atoms. The molecule has 1 N–H and O–H groups in total. The maximum atomic E-state index is 12.1. The molecule has 0 aromatic heterocycles. The summed E-state index contributed by atoms with van der Waals surface area (Å²) in [6.07, 6.45) is 3.05. The first-order valence-electron chi connectivity index (χ1n) is 5.93. The molecule has 0 aromatic rings. The fraction of sp³-hybridized carbons (Fsp3) is 0.909. The van der Waals surface area contributed by atoms with Gasteiger partial charge in [0.1, 0.15) is 0 Å². The van der Waals surface area contributed by atoms with Crippen LogP contribution in [0.5, 0.6) is 0 Å². The van der Waals surface area contributed by atoms with Crippen molar-refractivity contribution >= 4 is 5.91 Å². The monoisotopic (exact) mass is 212 g/mol. The first-order valence-corrected chi connectivity index (χ1v) is 5.93. The molecule has 4 nitrogen and oxygen atoms in total. The van der Waals surface area contributed by atoms with Crippen molar-refractivity contribution in [2.45, 2.75) is 51.4 Å². The number of nitrogens with one attached hydrogen (secondary N) is 1. The molecule has 0 saturated carbocycles. The molecule has 2 aliphatic rings. The highest BCUT2D eigenvalue weighted by molar-refractivity contribution is 5.84. The Bertz CT molecular complexity index is 239. The molecule has 3 unspecified atom stereocenters. The summed E-state index contributed by atoms with van der Waals surface area (Å²) in [5.41, 5.74) is 0. The average Bonchev–Trinajstić information content (AvgIpc) is 2.84. The van der Waals surface area contributed by atoms with E-state index in [9.17, 15) is 4.79 Å². The first kappa shape index (κ1) is 10.9. The van der Waals surface area contributed by atoms with Crippen LogP contribution >= 0.6 is 0 Å². The summed E-state index contributed by atoms with van der Waals surface area (Å²) in [6, 6.07) is 0.321. The molecule has 2 fully saturated rings. The number of amides is 1. The molecule has 1 amide bonds. The predicted molar refractivity (Wildman–Crippen MR) is 57.4 cm³/mol. The van der Waals surface area contributed by atoms with Crippen LogP contribution in [0.1, 0.15) is 33.1 Å². The maximum Gasteiger partial charge on any atom is 0.241 e. The second-order valence-electron chi connectivity index (χ2n) is 4.31. The van der Waals surface area contributed by atoms with E-state index in [1.54, 1.807) is 0 Å².